The summed E-state index contributed by atoms with van der Waals surface area (Å²) in [4.78, 5) is 23.2. The van der Waals surface area contributed by atoms with Crippen LogP contribution in [0.3, 0.4) is 0 Å². The number of aryl methyl sites for hydroxylation is 1. The molecule has 0 saturated carbocycles. The van der Waals surface area contributed by atoms with Crippen LogP contribution in [-0.2, 0) is 16.0 Å². The van der Waals surface area contributed by atoms with Crippen molar-refractivity contribution in [3.63, 3.8) is 0 Å². The Morgan fingerprint density at radius 3 is 2.35 bits per heavy atom. The highest BCUT2D eigenvalue weighted by Crippen LogP contribution is 2.12. The number of aromatic hydroxyl groups is 1. The van der Waals surface area contributed by atoms with E-state index in [1.807, 2.05) is 0 Å². The summed E-state index contributed by atoms with van der Waals surface area (Å²) < 4.78 is 0. The maximum Gasteiger partial charge on any atom is 0.326 e. The van der Waals surface area contributed by atoms with Gasteiger partial charge in [0.1, 0.15) is 11.8 Å². The van der Waals surface area contributed by atoms with Gasteiger partial charge < -0.3 is 27.0 Å². The third kappa shape index (κ3) is 7.12. The molecule has 1 aromatic rings. The van der Waals surface area contributed by atoms with Crippen LogP contribution in [0.4, 0.5) is 0 Å². The van der Waals surface area contributed by atoms with E-state index in [2.05, 4.69) is 5.32 Å². The van der Waals surface area contributed by atoms with Crippen LogP contribution in [0.2, 0.25) is 0 Å². The lowest BCUT2D eigenvalue weighted by Gasteiger charge is -2.18. The van der Waals surface area contributed by atoms with Gasteiger partial charge in [-0.15, -0.1) is 0 Å². The van der Waals surface area contributed by atoms with Crippen molar-refractivity contribution in [2.45, 2.75) is 44.2 Å². The number of unbranched alkanes of at least 4 members (excludes halogenated alkanes) is 1. The Morgan fingerprint density at radius 2 is 1.78 bits per heavy atom. The van der Waals surface area contributed by atoms with E-state index in [4.69, 9.17) is 11.5 Å². The number of aliphatic carboxylic acids is 1. The zero-order valence-corrected chi connectivity index (χ0v) is 13.1. The molecular weight excluding hydrogens is 298 g/mol. The first kappa shape index (κ1) is 18.9. The zero-order valence-electron chi connectivity index (χ0n) is 13.1. The number of nitrogens with two attached hydrogens (primary N) is 2. The second-order valence-corrected chi connectivity index (χ2v) is 5.50. The van der Waals surface area contributed by atoms with E-state index < -0.39 is 24.0 Å². The first-order valence-corrected chi connectivity index (χ1v) is 7.70. The number of hydrogen-bond donors (Lipinski definition) is 5. The third-order valence-corrected chi connectivity index (χ3v) is 3.58. The van der Waals surface area contributed by atoms with Crippen LogP contribution in [0, 0.1) is 0 Å². The molecule has 0 saturated heterocycles. The van der Waals surface area contributed by atoms with E-state index in [0.29, 0.717) is 19.4 Å². The number of nitrogens with one attached hydrogen (secondary N) is 1. The molecule has 128 valence electrons. The van der Waals surface area contributed by atoms with Gasteiger partial charge in [-0.05, 0) is 49.9 Å². The summed E-state index contributed by atoms with van der Waals surface area (Å²) in [5, 5.41) is 20.9. The number of carbonyl (C=O) groups excluding carboxylic acids is 1. The number of benzene rings is 1. The average Bonchev–Trinajstić information content (AvgIpc) is 2.52. The molecule has 7 heteroatoms. The highest BCUT2D eigenvalue weighted by atomic mass is 16.4. The van der Waals surface area contributed by atoms with Crippen LogP contribution in [0.15, 0.2) is 24.3 Å². The number of amides is 1. The zero-order chi connectivity index (χ0) is 17.2. The standard InChI is InChI=1S/C16H25N3O4/c17-10-2-1-3-13(18)15(21)19-14(16(22)23)9-6-11-4-7-12(20)8-5-11/h4-5,7-8,13-14,20H,1-3,6,9-10,17-18H2,(H,19,21)(H,22,23)/t13-,14-/m0/s1. The predicted octanol–water partition coefficient (Wildman–Crippen LogP) is 0.351. The van der Waals surface area contributed by atoms with Crippen LogP contribution in [-0.4, -0.2) is 40.7 Å². The van der Waals surface area contributed by atoms with Crippen LogP contribution in [0.1, 0.15) is 31.2 Å². The number of carbonyl (C=O) groups is 2. The number of carboxylic acids is 1. The minimum absolute atomic E-state index is 0.153. The molecule has 0 aliphatic carbocycles. The number of rotatable bonds is 10. The minimum Gasteiger partial charge on any atom is -0.508 e. The highest BCUT2D eigenvalue weighted by molar-refractivity contribution is 5.86. The molecule has 1 aromatic carbocycles. The number of hydrogen-bond acceptors (Lipinski definition) is 5. The lowest BCUT2D eigenvalue weighted by atomic mass is 10.0. The molecule has 0 fully saturated rings. The SMILES string of the molecule is NCCCC[C@H](N)C(=O)N[C@@H](CCc1ccc(O)cc1)C(=O)O. The lowest BCUT2D eigenvalue weighted by molar-refractivity contribution is -0.142. The first-order valence-electron chi connectivity index (χ1n) is 7.70. The summed E-state index contributed by atoms with van der Waals surface area (Å²) in [5.74, 6) is -1.40. The van der Waals surface area contributed by atoms with E-state index >= 15 is 0 Å². The van der Waals surface area contributed by atoms with Gasteiger partial charge in [0.15, 0.2) is 0 Å². The van der Waals surface area contributed by atoms with Gasteiger partial charge >= 0.3 is 5.97 Å². The van der Waals surface area contributed by atoms with Gasteiger partial charge in [0, 0.05) is 0 Å². The molecule has 0 aromatic heterocycles. The fourth-order valence-electron chi connectivity index (χ4n) is 2.15. The quantitative estimate of drug-likeness (QED) is 0.394. The summed E-state index contributed by atoms with van der Waals surface area (Å²) >= 11 is 0. The fourth-order valence-corrected chi connectivity index (χ4v) is 2.15. The Labute approximate surface area is 135 Å². The molecule has 0 spiro atoms. The van der Waals surface area contributed by atoms with Crippen molar-refractivity contribution >= 4 is 11.9 Å². The second kappa shape index (κ2) is 9.81. The van der Waals surface area contributed by atoms with Crippen molar-refractivity contribution in [3.8, 4) is 5.75 Å². The smallest absolute Gasteiger partial charge is 0.326 e. The van der Waals surface area contributed by atoms with Crippen molar-refractivity contribution in [2.24, 2.45) is 11.5 Å². The average molecular weight is 323 g/mol. The van der Waals surface area contributed by atoms with Crippen molar-refractivity contribution < 1.29 is 19.8 Å². The molecule has 0 radical (unpaired) electrons. The summed E-state index contributed by atoms with van der Waals surface area (Å²) in [5.41, 5.74) is 12.0. The molecule has 1 amide bonds. The molecule has 0 aliphatic rings. The minimum atomic E-state index is -1.09. The van der Waals surface area contributed by atoms with E-state index in [0.717, 1.165) is 18.4 Å². The molecule has 0 heterocycles. The first-order chi connectivity index (χ1) is 10.9. The second-order valence-electron chi connectivity index (χ2n) is 5.50. The monoisotopic (exact) mass is 323 g/mol. The summed E-state index contributed by atoms with van der Waals surface area (Å²) in [6, 6.07) is 4.80. The van der Waals surface area contributed by atoms with Gasteiger partial charge in [0.25, 0.3) is 0 Å². The van der Waals surface area contributed by atoms with Crippen LogP contribution in [0.5, 0.6) is 5.75 Å². The lowest BCUT2D eigenvalue weighted by Crippen LogP contribution is -2.48. The van der Waals surface area contributed by atoms with Gasteiger partial charge in [0.05, 0.1) is 6.04 Å². The Bertz CT molecular complexity index is 505. The number of phenolic OH excluding ortho intramolecular Hbond substituents is 1. The van der Waals surface area contributed by atoms with Crippen LogP contribution < -0.4 is 16.8 Å². The van der Waals surface area contributed by atoms with Gasteiger partial charge in [-0.25, -0.2) is 4.79 Å². The molecular formula is C16H25N3O4. The van der Waals surface area contributed by atoms with Crippen molar-refractivity contribution in [1.29, 1.82) is 0 Å². The molecule has 7 N–H and O–H groups in total. The Kier molecular flexibility index (Phi) is 8.07. The molecule has 0 aliphatic heterocycles. The van der Waals surface area contributed by atoms with Crippen molar-refractivity contribution in [2.75, 3.05) is 6.54 Å². The van der Waals surface area contributed by atoms with Crippen molar-refractivity contribution in [1.82, 2.24) is 5.32 Å². The Hall–Kier alpha value is -2.12. The van der Waals surface area contributed by atoms with E-state index in [-0.39, 0.29) is 12.2 Å². The van der Waals surface area contributed by atoms with Gasteiger partial charge in [0.2, 0.25) is 5.91 Å². The van der Waals surface area contributed by atoms with E-state index in [9.17, 15) is 19.8 Å². The van der Waals surface area contributed by atoms with Gasteiger partial charge in [-0.2, -0.15) is 0 Å². The van der Waals surface area contributed by atoms with Crippen LogP contribution >= 0.6 is 0 Å². The summed E-state index contributed by atoms with van der Waals surface area (Å²) in [6.07, 6.45) is 2.72. The Balaban J connectivity index is 2.49. The molecule has 7 nitrogen and oxygen atoms in total. The fraction of sp³-hybridized carbons (Fsp3) is 0.500. The molecule has 1 rings (SSSR count). The maximum atomic E-state index is 11.9. The van der Waals surface area contributed by atoms with Gasteiger partial charge in [-0.1, -0.05) is 18.6 Å². The molecule has 0 bridgehead atoms. The van der Waals surface area contributed by atoms with Crippen LogP contribution in [0.25, 0.3) is 0 Å². The molecule has 2 atom stereocenters. The number of carboxylic acid groups (broad SMARTS) is 1. The maximum absolute atomic E-state index is 11.9. The van der Waals surface area contributed by atoms with E-state index in [1.165, 1.54) is 12.1 Å². The van der Waals surface area contributed by atoms with Crippen molar-refractivity contribution in [3.05, 3.63) is 29.8 Å². The molecule has 0 unspecified atom stereocenters. The Morgan fingerprint density at radius 1 is 1.13 bits per heavy atom. The predicted molar refractivity (Wildman–Crippen MR) is 86.9 cm³/mol. The summed E-state index contributed by atoms with van der Waals surface area (Å²) in [6.45, 7) is 0.540. The van der Waals surface area contributed by atoms with E-state index in [1.54, 1.807) is 12.1 Å². The van der Waals surface area contributed by atoms with Gasteiger partial charge in [-0.3, -0.25) is 4.79 Å². The topological polar surface area (TPSA) is 139 Å². The molecule has 23 heavy (non-hydrogen) atoms. The third-order valence-electron chi connectivity index (χ3n) is 3.58. The highest BCUT2D eigenvalue weighted by Gasteiger charge is 2.22. The number of phenols is 1. The summed E-state index contributed by atoms with van der Waals surface area (Å²) in [7, 11) is 0. The largest absolute Gasteiger partial charge is 0.508 e. The normalized spacial score (nSPS) is 13.3.